The second-order valence-electron chi connectivity index (χ2n) is 5.14. The van der Waals surface area contributed by atoms with Crippen LogP contribution in [0.25, 0.3) is 11.2 Å². The predicted octanol–water partition coefficient (Wildman–Crippen LogP) is 5.25. The van der Waals surface area contributed by atoms with Crippen LogP contribution in [-0.2, 0) is 6.42 Å². The number of imidazole rings is 1. The van der Waals surface area contributed by atoms with Gasteiger partial charge in [0.25, 0.3) is 0 Å². The molecule has 3 aromatic rings. The molecule has 0 radical (unpaired) electrons. The van der Waals surface area contributed by atoms with Gasteiger partial charge in [0, 0.05) is 12.2 Å². The topological polar surface area (TPSA) is 30.7 Å². The van der Waals surface area contributed by atoms with Crippen molar-refractivity contribution in [2.24, 2.45) is 0 Å². The maximum atomic E-state index is 6.30. The van der Waals surface area contributed by atoms with Crippen LogP contribution in [0.5, 0.6) is 0 Å². The molecular formula is C15H15Cl2N3S. The Morgan fingerprint density at radius 3 is 2.86 bits per heavy atom. The molecule has 0 fully saturated rings. The summed E-state index contributed by atoms with van der Waals surface area (Å²) in [5.41, 5.74) is 2.95. The molecule has 0 N–H and O–H groups in total. The zero-order valence-electron chi connectivity index (χ0n) is 11.8. The molecule has 0 saturated heterocycles. The van der Waals surface area contributed by atoms with E-state index in [9.17, 15) is 0 Å². The van der Waals surface area contributed by atoms with Gasteiger partial charge in [-0.25, -0.2) is 9.97 Å². The number of thiophene rings is 1. The summed E-state index contributed by atoms with van der Waals surface area (Å²) in [5, 5.41) is 4.68. The molecule has 0 aliphatic carbocycles. The Balaban J connectivity index is 2.08. The highest BCUT2D eigenvalue weighted by Gasteiger charge is 2.20. The summed E-state index contributed by atoms with van der Waals surface area (Å²) in [6.45, 7) is 4.09. The van der Waals surface area contributed by atoms with E-state index in [4.69, 9.17) is 23.2 Å². The van der Waals surface area contributed by atoms with Crippen molar-refractivity contribution in [3.63, 3.8) is 0 Å². The third-order valence-corrected chi connectivity index (χ3v) is 4.57. The van der Waals surface area contributed by atoms with Gasteiger partial charge in [-0.05, 0) is 48.7 Å². The van der Waals surface area contributed by atoms with Crippen LogP contribution in [0.2, 0.25) is 5.02 Å². The molecule has 110 valence electrons. The SMILES string of the molecule is CC(Cl)c1nc2cc(Cl)cnc2n1C(C)Cc1ccsc1. The van der Waals surface area contributed by atoms with Crippen molar-refractivity contribution in [1.82, 2.24) is 14.5 Å². The van der Waals surface area contributed by atoms with E-state index in [-0.39, 0.29) is 11.4 Å². The van der Waals surface area contributed by atoms with E-state index in [0.717, 1.165) is 23.4 Å². The Kier molecular flexibility index (Phi) is 4.20. The van der Waals surface area contributed by atoms with Crippen molar-refractivity contribution in [3.8, 4) is 0 Å². The number of rotatable bonds is 4. The van der Waals surface area contributed by atoms with Gasteiger partial charge in [-0.2, -0.15) is 11.3 Å². The summed E-state index contributed by atoms with van der Waals surface area (Å²) in [7, 11) is 0. The van der Waals surface area contributed by atoms with Crippen LogP contribution in [0.15, 0.2) is 29.1 Å². The van der Waals surface area contributed by atoms with Crippen molar-refractivity contribution < 1.29 is 0 Å². The average molecular weight is 340 g/mol. The molecule has 0 amide bonds. The smallest absolute Gasteiger partial charge is 0.160 e. The molecule has 0 aromatic carbocycles. The number of nitrogens with zero attached hydrogens (tertiary/aromatic N) is 3. The van der Waals surface area contributed by atoms with Gasteiger partial charge in [0.1, 0.15) is 11.3 Å². The molecule has 3 heterocycles. The third-order valence-electron chi connectivity index (χ3n) is 3.43. The second kappa shape index (κ2) is 5.95. The van der Waals surface area contributed by atoms with Gasteiger partial charge in [0.2, 0.25) is 0 Å². The molecule has 0 aliphatic heterocycles. The van der Waals surface area contributed by atoms with Crippen LogP contribution in [0.1, 0.15) is 36.7 Å². The third kappa shape index (κ3) is 2.93. The summed E-state index contributed by atoms with van der Waals surface area (Å²) in [6, 6.07) is 4.21. The standard InChI is InChI=1S/C15H15Cl2N3S/c1-9(5-11-3-4-21-8-11)20-14(10(2)16)19-13-6-12(17)7-18-15(13)20/h3-4,6-10H,5H2,1-2H3. The summed E-state index contributed by atoms with van der Waals surface area (Å²) in [6.07, 6.45) is 2.58. The molecule has 3 aromatic heterocycles. The molecule has 0 aliphatic rings. The van der Waals surface area contributed by atoms with Crippen molar-refractivity contribution in [2.45, 2.75) is 31.7 Å². The number of aromatic nitrogens is 3. The molecular weight excluding hydrogens is 325 g/mol. The van der Waals surface area contributed by atoms with Crippen molar-refractivity contribution >= 4 is 45.7 Å². The summed E-state index contributed by atoms with van der Waals surface area (Å²) < 4.78 is 2.13. The Bertz CT molecular complexity index is 750. The highest BCUT2D eigenvalue weighted by molar-refractivity contribution is 7.07. The molecule has 0 saturated carbocycles. The summed E-state index contributed by atoms with van der Waals surface area (Å²) >= 11 is 14.0. The maximum absolute atomic E-state index is 6.30. The second-order valence-corrected chi connectivity index (χ2v) is 7.01. The van der Waals surface area contributed by atoms with Crippen LogP contribution in [-0.4, -0.2) is 14.5 Å². The van der Waals surface area contributed by atoms with Gasteiger partial charge in [0.15, 0.2) is 5.65 Å². The minimum absolute atomic E-state index is 0.178. The predicted molar refractivity (Wildman–Crippen MR) is 89.5 cm³/mol. The van der Waals surface area contributed by atoms with Gasteiger partial charge in [0.05, 0.1) is 10.4 Å². The molecule has 2 unspecified atom stereocenters. The minimum atomic E-state index is -0.178. The highest BCUT2D eigenvalue weighted by atomic mass is 35.5. The lowest BCUT2D eigenvalue weighted by Crippen LogP contribution is -2.12. The Hall–Kier alpha value is -1.10. The van der Waals surface area contributed by atoms with Crippen molar-refractivity contribution in [1.29, 1.82) is 0 Å². The molecule has 3 rings (SSSR count). The van der Waals surface area contributed by atoms with Gasteiger partial charge in [-0.1, -0.05) is 11.6 Å². The largest absolute Gasteiger partial charge is 0.308 e. The maximum Gasteiger partial charge on any atom is 0.160 e. The lowest BCUT2D eigenvalue weighted by molar-refractivity contribution is 0.532. The quantitative estimate of drug-likeness (QED) is 0.607. The molecule has 2 atom stereocenters. The molecule has 0 spiro atoms. The molecule has 6 heteroatoms. The Morgan fingerprint density at radius 2 is 2.19 bits per heavy atom. The normalized spacial score (nSPS) is 14.5. The first-order valence-corrected chi connectivity index (χ1v) is 8.50. The van der Waals surface area contributed by atoms with E-state index in [1.807, 2.05) is 13.0 Å². The van der Waals surface area contributed by atoms with Gasteiger partial charge in [-0.3, -0.25) is 0 Å². The van der Waals surface area contributed by atoms with Crippen molar-refractivity contribution in [2.75, 3.05) is 0 Å². The van der Waals surface area contributed by atoms with E-state index < -0.39 is 0 Å². The summed E-state index contributed by atoms with van der Waals surface area (Å²) in [4.78, 5) is 9.06. The van der Waals surface area contributed by atoms with E-state index in [1.54, 1.807) is 17.5 Å². The number of pyridine rings is 1. The van der Waals surface area contributed by atoms with Crippen LogP contribution < -0.4 is 0 Å². The lowest BCUT2D eigenvalue weighted by Gasteiger charge is -2.17. The number of alkyl halides is 1. The highest BCUT2D eigenvalue weighted by Crippen LogP contribution is 2.29. The number of hydrogen-bond donors (Lipinski definition) is 0. The van der Waals surface area contributed by atoms with Crippen LogP contribution >= 0.6 is 34.5 Å². The van der Waals surface area contributed by atoms with Gasteiger partial charge >= 0.3 is 0 Å². The van der Waals surface area contributed by atoms with Crippen LogP contribution in [0, 0.1) is 0 Å². The fourth-order valence-corrected chi connectivity index (χ4v) is 3.52. The van der Waals surface area contributed by atoms with E-state index in [2.05, 4.69) is 38.3 Å². The van der Waals surface area contributed by atoms with Crippen LogP contribution in [0.4, 0.5) is 0 Å². The number of halogens is 2. The van der Waals surface area contributed by atoms with Gasteiger partial charge < -0.3 is 4.57 Å². The Labute approximate surface area is 137 Å². The zero-order valence-corrected chi connectivity index (χ0v) is 14.1. The van der Waals surface area contributed by atoms with Crippen molar-refractivity contribution in [3.05, 3.63) is 45.5 Å². The van der Waals surface area contributed by atoms with Crippen LogP contribution in [0.3, 0.4) is 0 Å². The first-order valence-electron chi connectivity index (χ1n) is 6.74. The molecule has 3 nitrogen and oxygen atoms in total. The van der Waals surface area contributed by atoms with E-state index >= 15 is 0 Å². The fourth-order valence-electron chi connectivity index (χ4n) is 2.53. The van der Waals surface area contributed by atoms with Gasteiger partial charge in [-0.15, -0.1) is 11.6 Å². The first kappa shape index (κ1) is 14.8. The molecule has 21 heavy (non-hydrogen) atoms. The number of hydrogen-bond acceptors (Lipinski definition) is 3. The summed E-state index contributed by atoms with van der Waals surface area (Å²) in [5.74, 6) is 0.837. The number of fused-ring (bicyclic) bond motifs is 1. The monoisotopic (exact) mass is 339 g/mol. The minimum Gasteiger partial charge on any atom is -0.308 e. The zero-order chi connectivity index (χ0) is 15.0. The Morgan fingerprint density at radius 1 is 1.38 bits per heavy atom. The van der Waals surface area contributed by atoms with E-state index in [1.165, 1.54) is 5.56 Å². The molecule has 0 bridgehead atoms. The lowest BCUT2D eigenvalue weighted by atomic mass is 10.1. The van der Waals surface area contributed by atoms with E-state index in [0.29, 0.717) is 5.02 Å². The average Bonchev–Trinajstić information content (AvgIpc) is 3.04. The first-order chi connectivity index (χ1) is 10.1. The fraction of sp³-hybridized carbons (Fsp3) is 0.333.